The van der Waals surface area contributed by atoms with Gasteiger partial charge in [-0.1, -0.05) is 11.8 Å². The molecule has 1 aromatic heterocycles. The molecular weight excluding hydrogens is 256 g/mol. The van der Waals surface area contributed by atoms with Crippen LogP contribution in [0.3, 0.4) is 0 Å². The van der Waals surface area contributed by atoms with E-state index in [-0.39, 0.29) is 12.5 Å². The van der Waals surface area contributed by atoms with Crippen molar-refractivity contribution in [2.24, 2.45) is 0 Å². The molecule has 4 atom stereocenters. The van der Waals surface area contributed by atoms with Crippen molar-refractivity contribution in [2.75, 3.05) is 6.54 Å². The summed E-state index contributed by atoms with van der Waals surface area (Å²) >= 11 is 1.23. The molecule has 0 aromatic carbocycles. The number of hydrogen-bond acceptors (Lipinski definition) is 6. The molecule has 6 nitrogen and oxygen atoms in total. The molecule has 0 aliphatic carbocycles. The number of aliphatic hydroxyl groups is 3. The van der Waals surface area contributed by atoms with Crippen LogP contribution in [0.1, 0.15) is 10.4 Å². The zero-order valence-corrected chi connectivity index (χ0v) is 10.1. The lowest BCUT2D eigenvalue weighted by Crippen LogP contribution is -2.62. The quantitative estimate of drug-likeness (QED) is 0.562. The van der Waals surface area contributed by atoms with E-state index >= 15 is 0 Å². The summed E-state index contributed by atoms with van der Waals surface area (Å²) in [6.07, 6.45) is -1.97. The first-order chi connectivity index (χ1) is 8.59. The summed E-state index contributed by atoms with van der Waals surface area (Å²) in [4.78, 5) is 17.7. The van der Waals surface area contributed by atoms with Gasteiger partial charge in [0.2, 0.25) is 0 Å². The minimum atomic E-state index is -1.24. The topological polar surface area (TPSA) is 93.9 Å². The van der Waals surface area contributed by atoms with Crippen molar-refractivity contribution in [1.82, 2.24) is 9.88 Å². The van der Waals surface area contributed by atoms with Crippen molar-refractivity contribution < 1.29 is 20.1 Å². The van der Waals surface area contributed by atoms with Crippen molar-refractivity contribution in [3.05, 3.63) is 23.9 Å². The number of piperidine rings is 1. The molecule has 1 amide bonds. The van der Waals surface area contributed by atoms with Crippen molar-refractivity contribution in [2.45, 2.75) is 28.7 Å². The first-order valence-corrected chi connectivity index (χ1v) is 6.44. The third-order valence-electron chi connectivity index (χ3n) is 3.22. The molecule has 7 heteroatoms. The number of carbonyl (C=O) groups is 1. The van der Waals surface area contributed by atoms with Gasteiger partial charge in [0.25, 0.3) is 5.91 Å². The Balaban J connectivity index is 2.01. The van der Waals surface area contributed by atoms with E-state index in [4.69, 9.17) is 0 Å². The van der Waals surface area contributed by atoms with Gasteiger partial charge in [-0.15, -0.1) is 0 Å². The molecule has 2 aliphatic heterocycles. The summed E-state index contributed by atoms with van der Waals surface area (Å²) in [5.41, 5.74) is 0.467. The molecule has 0 saturated carbocycles. The minimum Gasteiger partial charge on any atom is -0.388 e. The summed E-state index contributed by atoms with van der Waals surface area (Å²) in [6, 6.07) is 3.33. The fraction of sp³-hybridized carbons (Fsp3) is 0.455. The Labute approximate surface area is 107 Å². The largest absolute Gasteiger partial charge is 0.388 e. The molecule has 18 heavy (non-hydrogen) atoms. The highest BCUT2D eigenvalue weighted by Gasteiger charge is 2.47. The number of thioether (sulfide) groups is 1. The molecule has 1 saturated heterocycles. The number of hydrogen-bond donors (Lipinski definition) is 3. The lowest BCUT2D eigenvalue weighted by atomic mass is 10.0. The van der Waals surface area contributed by atoms with Crippen LogP contribution in [0.25, 0.3) is 0 Å². The van der Waals surface area contributed by atoms with Crippen LogP contribution < -0.4 is 0 Å². The Morgan fingerprint density at radius 1 is 1.33 bits per heavy atom. The maximum atomic E-state index is 12.2. The average Bonchev–Trinajstić information content (AvgIpc) is 2.38. The molecule has 3 N–H and O–H groups in total. The lowest BCUT2D eigenvalue weighted by molar-refractivity contribution is -0.109. The fourth-order valence-electron chi connectivity index (χ4n) is 2.24. The molecule has 3 heterocycles. The summed E-state index contributed by atoms with van der Waals surface area (Å²) < 4.78 is 0. The number of amides is 1. The predicted molar refractivity (Wildman–Crippen MR) is 62.9 cm³/mol. The smallest absolute Gasteiger partial charge is 0.257 e. The number of fused-ring (bicyclic) bond motifs is 2. The number of pyridine rings is 1. The van der Waals surface area contributed by atoms with E-state index in [0.29, 0.717) is 10.6 Å². The second kappa shape index (κ2) is 4.20. The molecule has 3 rings (SSSR count). The van der Waals surface area contributed by atoms with Crippen LogP contribution in [0.5, 0.6) is 0 Å². The fourth-order valence-corrected chi connectivity index (χ4v) is 3.48. The second-order valence-corrected chi connectivity index (χ2v) is 5.48. The molecular formula is C11H12N2O4S. The van der Waals surface area contributed by atoms with Gasteiger partial charge in [-0.3, -0.25) is 4.79 Å². The Kier molecular flexibility index (Phi) is 2.78. The predicted octanol–water partition coefficient (Wildman–Crippen LogP) is -0.948. The maximum Gasteiger partial charge on any atom is 0.257 e. The number of aromatic nitrogens is 1. The SMILES string of the molecule is O=C1c2cccnc2S[C@H]2[C@H](O)[C@H](O)[C@H](O)CN12. The Hall–Kier alpha value is -1.15. The standard InChI is InChI=1S/C11H12N2O4S/c14-6-4-13-10(17)5-2-1-3-12-9(5)18-11(13)8(16)7(6)15/h1-3,6-8,11,14-16H,4H2/t6-,7-,8-,11+/m1/s1. The number of aliphatic hydroxyl groups excluding tert-OH is 3. The van der Waals surface area contributed by atoms with E-state index in [1.54, 1.807) is 18.3 Å². The maximum absolute atomic E-state index is 12.2. The van der Waals surface area contributed by atoms with Crippen molar-refractivity contribution in [3.8, 4) is 0 Å². The van der Waals surface area contributed by atoms with E-state index in [1.807, 2.05) is 0 Å². The molecule has 0 unspecified atom stereocenters. The number of rotatable bonds is 0. The van der Waals surface area contributed by atoms with Gasteiger partial charge in [-0.25, -0.2) is 4.98 Å². The van der Waals surface area contributed by atoms with E-state index in [9.17, 15) is 20.1 Å². The van der Waals surface area contributed by atoms with Crippen molar-refractivity contribution in [1.29, 1.82) is 0 Å². The van der Waals surface area contributed by atoms with Crippen LogP contribution in [-0.4, -0.2) is 61.3 Å². The van der Waals surface area contributed by atoms with Gasteiger partial charge in [-0.2, -0.15) is 0 Å². The summed E-state index contributed by atoms with van der Waals surface area (Å²) in [6.45, 7) is 0.0169. The molecule has 1 aromatic rings. The lowest BCUT2D eigenvalue weighted by Gasteiger charge is -2.45. The van der Waals surface area contributed by atoms with Crippen LogP contribution in [0.4, 0.5) is 0 Å². The van der Waals surface area contributed by atoms with Crippen LogP contribution in [0, 0.1) is 0 Å². The normalized spacial score (nSPS) is 35.1. The van der Waals surface area contributed by atoms with Crippen LogP contribution in [0.2, 0.25) is 0 Å². The van der Waals surface area contributed by atoms with Crippen molar-refractivity contribution in [3.63, 3.8) is 0 Å². The van der Waals surface area contributed by atoms with Gasteiger partial charge in [0.05, 0.1) is 12.1 Å². The van der Waals surface area contributed by atoms with Gasteiger partial charge in [-0.05, 0) is 12.1 Å². The highest BCUT2D eigenvalue weighted by molar-refractivity contribution is 8.00. The molecule has 2 aliphatic rings. The molecule has 96 valence electrons. The zero-order valence-electron chi connectivity index (χ0n) is 9.30. The first-order valence-electron chi connectivity index (χ1n) is 5.56. The molecule has 0 spiro atoms. The highest BCUT2D eigenvalue weighted by Crippen LogP contribution is 2.38. The molecule has 0 radical (unpaired) electrons. The summed E-state index contributed by atoms with van der Waals surface area (Å²) in [5.74, 6) is -0.271. The molecule has 0 bridgehead atoms. The van der Waals surface area contributed by atoms with E-state index in [1.165, 1.54) is 16.7 Å². The van der Waals surface area contributed by atoms with Crippen molar-refractivity contribution >= 4 is 17.7 Å². The summed E-state index contributed by atoms with van der Waals surface area (Å²) in [7, 11) is 0. The summed E-state index contributed by atoms with van der Waals surface area (Å²) in [5, 5.41) is 29.2. The zero-order chi connectivity index (χ0) is 12.9. The number of nitrogens with zero attached hydrogens (tertiary/aromatic N) is 2. The van der Waals surface area contributed by atoms with E-state index in [0.717, 1.165) is 0 Å². The van der Waals surface area contributed by atoms with Crippen LogP contribution in [-0.2, 0) is 0 Å². The van der Waals surface area contributed by atoms with Gasteiger partial charge in [0, 0.05) is 6.20 Å². The number of carbonyl (C=O) groups excluding carboxylic acids is 1. The first kappa shape index (κ1) is 11.9. The van der Waals surface area contributed by atoms with Gasteiger partial charge < -0.3 is 20.2 Å². The minimum absolute atomic E-state index is 0.0169. The van der Waals surface area contributed by atoms with E-state index < -0.39 is 23.7 Å². The monoisotopic (exact) mass is 268 g/mol. The average molecular weight is 268 g/mol. The molecule has 1 fully saturated rings. The highest BCUT2D eigenvalue weighted by atomic mass is 32.2. The Morgan fingerprint density at radius 2 is 2.11 bits per heavy atom. The third kappa shape index (κ3) is 1.63. The van der Waals surface area contributed by atoms with Crippen LogP contribution in [0.15, 0.2) is 23.4 Å². The Bertz CT molecular complexity index is 498. The van der Waals surface area contributed by atoms with Crippen LogP contribution >= 0.6 is 11.8 Å². The van der Waals surface area contributed by atoms with E-state index in [2.05, 4.69) is 4.98 Å². The second-order valence-electron chi connectivity index (χ2n) is 4.37. The van der Waals surface area contributed by atoms with Gasteiger partial charge in [0.1, 0.15) is 28.7 Å². The Morgan fingerprint density at radius 3 is 2.89 bits per heavy atom. The van der Waals surface area contributed by atoms with Gasteiger partial charge in [0.15, 0.2) is 0 Å². The van der Waals surface area contributed by atoms with Gasteiger partial charge >= 0.3 is 0 Å². The third-order valence-corrected chi connectivity index (χ3v) is 4.55.